The van der Waals surface area contributed by atoms with Gasteiger partial charge in [-0.1, -0.05) is 115 Å². The number of carbonyl (C=O) groups is 1. The van der Waals surface area contributed by atoms with Crippen molar-refractivity contribution < 1.29 is 4.79 Å². The summed E-state index contributed by atoms with van der Waals surface area (Å²) in [6.45, 7) is 4.01. The van der Waals surface area contributed by atoms with Gasteiger partial charge in [-0.3, -0.25) is 4.79 Å². The molecule has 0 atom stereocenters. The molecule has 148 valence electrons. The highest BCUT2D eigenvalue weighted by Gasteiger charge is 2.05. The first kappa shape index (κ1) is 22.9. The summed E-state index contributed by atoms with van der Waals surface area (Å²) in [5.41, 5.74) is 1.49. The van der Waals surface area contributed by atoms with E-state index in [1.807, 2.05) is 13.8 Å². The van der Waals surface area contributed by atoms with Gasteiger partial charge in [-0.25, -0.2) is 0 Å². The SMILES string of the molecule is CC(C)C(=O)CCCCCCCCCCCCCCCc1ccccc1. The monoisotopic (exact) mass is 358 g/mol. The molecule has 1 nitrogen and oxygen atoms in total. The fraction of sp³-hybridized carbons (Fsp3) is 0.720. The molecule has 0 fully saturated rings. The van der Waals surface area contributed by atoms with Crippen LogP contribution in [-0.2, 0) is 11.2 Å². The number of aryl methyl sites for hydroxylation is 1. The molecule has 1 rings (SSSR count). The van der Waals surface area contributed by atoms with Gasteiger partial charge in [-0.2, -0.15) is 0 Å². The molecule has 26 heavy (non-hydrogen) atoms. The van der Waals surface area contributed by atoms with E-state index >= 15 is 0 Å². The Kier molecular flexibility index (Phi) is 14.2. The van der Waals surface area contributed by atoms with Crippen molar-refractivity contribution in [2.45, 2.75) is 110 Å². The van der Waals surface area contributed by atoms with E-state index < -0.39 is 0 Å². The lowest BCUT2D eigenvalue weighted by molar-refractivity contribution is -0.122. The summed E-state index contributed by atoms with van der Waals surface area (Å²) < 4.78 is 0. The van der Waals surface area contributed by atoms with E-state index in [1.54, 1.807) is 0 Å². The smallest absolute Gasteiger partial charge is 0.135 e. The minimum Gasteiger partial charge on any atom is -0.299 e. The van der Waals surface area contributed by atoms with Crippen LogP contribution in [-0.4, -0.2) is 5.78 Å². The molecule has 0 spiro atoms. The average Bonchev–Trinajstić information content (AvgIpc) is 2.65. The molecule has 0 aliphatic rings. The normalized spacial score (nSPS) is 11.2. The van der Waals surface area contributed by atoms with Crippen molar-refractivity contribution in [3.63, 3.8) is 0 Å². The van der Waals surface area contributed by atoms with Crippen molar-refractivity contribution in [1.82, 2.24) is 0 Å². The maximum atomic E-state index is 11.5. The number of hydrogen-bond donors (Lipinski definition) is 0. The average molecular weight is 359 g/mol. The van der Waals surface area contributed by atoms with Gasteiger partial charge in [0.2, 0.25) is 0 Å². The second-order valence-electron chi connectivity index (χ2n) is 8.20. The molecule has 0 radical (unpaired) electrons. The van der Waals surface area contributed by atoms with E-state index in [9.17, 15) is 4.79 Å². The number of hydrogen-bond acceptors (Lipinski definition) is 1. The zero-order valence-corrected chi connectivity index (χ0v) is 17.5. The minimum absolute atomic E-state index is 0.221. The number of rotatable bonds is 17. The van der Waals surface area contributed by atoms with E-state index in [1.165, 1.54) is 89.0 Å². The van der Waals surface area contributed by atoms with E-state index in [2.05, 4.69) is 30.3 Å². The van der Waals surface area contributed by atoms with Crippen molar-refractivity contribution in [2.24, 2.45) is 5.92 Å². The topological polar surface area (TPSA) is 17.1 Å². The fourth-order valence-corrected chi connectivity index (χ4v) is 3.51. The van der Waals surface area contributed by atoms with Crippen LogP contribution in [0.1, 0.15) is 109 Å². The largest absolute Gasteiger partial charge is 0.299 e. The summed E-state index contributed by atoms with van der Waals surface area (Å²) in [6, 6.07) is 10.9. The molecular weight excluding hydrogens is 316 g/mol. The number of unbranched alkanes of at least 4 members (excludes halogenated alkanes) is 12. The summed E-state index contributed by atoms with van der Waals surface area (Å²) in [4.78, 5) is 11.5. The molecule has 0 aliphatic heterocycles. The Hall–Kier alpha value is -1.11. The summed E-state index contributed by atoms with van der Waals surface area (Å²) in [7, 11) is 0. The summed E-state index contributed by atoms with van der Waals surface area (Å²) in [5, 5.41) is 0. The molecule has 0 unspecified atom stereocenters. The van der Waals surface area contributed by atoms with Crippen LogP contribution in [0.3, 0.4) is 0 Å². The third-order valence-corrected chi connectivity index (χ3v) is 5.38. The molecule has 1 heteroatoms. The molecule has 0 heterocycles. The van der Waals surface area contributed by atoms with Crippen molar-refractivity contribution in [3.05, 3.63) is 35.9 Å². The Labute approximate surface area is 163 Å². The standard InChI is InChI=1S/C25H42O/c1-23(2)25(26)22-18-13-11-9-7-5-3-4-6-8-10-12-15-19-24-20-16-14-17-21-24/h14,16-17,20-21,23H,3-13,15,18-19,22H2,1-2H3. The van der Waals surface area contributed by atoms with Crippen molar-refractivity contribution in [2.75, 3.05) is 0 Å². The van der Waals surface area contributed by atoms with Gasteiger partial charge >= 0.3 is 0 Å². The van der Waals surface area contributed by atoms with E-state index in [0.29, 0.717) is 5.78 Å². The van der Waals surface area contributed by atoms with Crippen LogP contribution < -0.4 is 0 Å². The van der Waals surface area contributed by atoms with E-state index in [0.717, 1.165) is 12.8 Å². The number of ketones is 1. The van der Waals surface area contributed by atoms with Crippen LogP contribution in [0.25, 0.3) is 0 Å². The fourth-order valence-electron chi connectivity index (χ4n) is 3.51. The van der Waals surface area contributed by atoms with Crippen LogP contribution in [0, 0.1) is 5.92 Å². The van der Waals surface area contributed by atoms with E-state index in [-0.39, 0.29) is 5.92 Å². The van der Waals surface area contributed by atoms with Gasteiger partial charge in [0.25, 0.3) is 0 Å². The summed E-state index contributed by atoms with van der Waals surface area (Å²) in [6.07, 6.45) is 19.6. The van der Waals surface area contributed by atoms with Crippen LogP contribution in [0.2, 0.25) is 0 Å². The third-order valence-electron chi connectivity index (χ3n) is 5.38. The Morgan fingerprint density at radius 2 is 1.08 bits per heavy atom. The third kappa shape index (κ3) is 13.1. The number of Topliss-reactive ketones (excluding diaryl/α,β-unsaturated/α-hetero) is 1. The molecule has 1 aromatic carbocycles. The first-order valence-corrected chi connectivity index (χ1v) is 11.3. The van der Waals surface area contributed by atoms with Gasteiger partial charge in [0.1, 0.15) is 5.78 Å². The van der Waals surface area contributed by atoms with Crippen LogP contribution in [0.4, 0.5) is 0 Å². The highest BCUT2D eigenvalue weighted by atomic mass is 16.1. The lowest BCUT2D eigenvalue weighted by Gasteiger charge is -2.05. The number of carbonyl (C=O) groups excluding carboxylic acids is 1. The highest BCUT2D eigenvalue weighted by Crippen LogP contribution is 2.14. The quantitative estimate of drug-likeness (QED) is 0.258. The molecule has 0 aliphatic carbocycles. The minimum atomic E-state index is 0.221. The first-order chi connectivity index (χ1) is 12.7. The van der Waals surface area contributed by atoms with Crippen molar-refractivity contribution >= 4 is 5.78 Å². The second kappa shape index (κ2) is 16.1. The van der Waals surface area contributed by atoms with E-state index in [4.69, 9.17) is 0 Å². The molecule has 0 aromatic heterocycles. The maximum Gasteiger partial charge on any atom is 0.135 e. The Morgan fingerprint density at radius 3 is 1.54 bits per heavy atom. The van der Waals surface area contributed by atoms with Gasteiger partial charge in [0.15, 0.2) is 0 Å². The van der Waals surface area contributed by atoms with Gasteiger partial charge in [-0.05, 0) is 24.8 Å². The zero-order chi connectivity index (χ0) is 18.9. The van der Waals surface area contributed by atoms with Crippen LogP contribution in [0.5, 0.6) is 0 Å². The summed E-state index contributed by atoms with van der Waals surface area (Å²) >= 11 is 0. The molecular formula is C25H42O. The van der Waals surface area contributed by atoms with Crippen LogP contribution in [0.15, 0.2) is 30.3 Å². The van der Waals surface area contributed by atoms with Gasteiger partial charge in [0.05, 0.1) is 0 Å². The van der Waals surface area contributed by atoms with Gasteiger partial charge < -0.3 is 0 Å². The predicted molar refractivity (Wildman–Crippen MR) is 115 cm³/mol. The summed E-state index contributed by atoms with van der Waals surface area (Å²) in [5.74, 6) is 0.656. The lowest BCUT2D eigenvalue weighted by Crippen LogP contribution is -2.05. The molecule has 0 saturated heterocycles. The molecule has 0 amide bonds. The Morgan fingerprint density at radius 1 is 0.654 bits per heavy atom. The zero-order valence-electron chi connectivity index (χ0n) is 17.5. The molecule has 1 aromatic rings. The Balaban J connectivity index is 1.74. The lowest BCUT2D eigenvalue weighted by atomic mass is 10.0. The second-order valence-corrected chi connectivity index (χ2v) is 8.20. The predicted octanol–water partition coefficient (Wildman–Crippen LogP) is 7.92. The van der Waals surface area contributed by atoms with Gasteiger partial charge in [0, 0.05) is 12.3 Å². The highest BCUT2D eigenvalue weighted by molar-refractivity contribution is 5.80. The first-order valence-electron chi connectivity index (χ1n) is 11.3. The van der Waals surface area contributed by atoms with Crippen molar-refractivity contribution in [1.29, 1.82) is 0 Å². The van der Waals surface area contributed by atoms with Crippen LogP contribution >= 0.6 is 0 Å². The van der Waals surface area contributed by atoms with Gasteiger partial charge in [-0.15, -0.1) is 0 Å². The molecule has 0 bridgehead atoms. The maximum absolute atomic E-state index is 11.5. The Bertz CT molecular complexity index is 435. The molecule has 0 saturated carbocycles. The molecule has 0 N–H and O–H groups in total. The van der Waals surface area contributed by atoms with Crippen molar-refractivity contribution in [3.8, 4) is 0 Å². The number of benzene rings is 1.